The summed E-state index contributed by atoms with van der Waals surface area (Å²) in [6.07, 6.45) is 6.76. The van der Waals surface area contributed by atoms with Crippen LogP contribution in [0.4, 0.5) is 5.82 Å². The van der Waals surface area contributed by atoms with Gasteiger partial charge < -0.3 is 5.73 Å². The fraction of sp³-hybridized carbons (Fsp3) is 0.125. The molecule has 2 N–H and O–H groups in total. The smallest absolute Gasteiger partial charge is 0.142 e. The second kappa shape index (κ2) is 2.85. The van der Waals surface area contributed by atoms with Crippen LogP contribution in [-0.4, -0.2) is 19.7 Å². The van der Waals surface area contributed by atoms with Crippen molar-refractivity contribution in [1.29, 1.82) is 0 Å². The molecular formula is C8H9N5. The second-order valence-electron chi connectivity index (χ2n) is 2.73. The van der Waals surface area contributed by atoms with Gasteiger partial charge in [0.25, 0.3) is 0 Å². The lowest BCUT2D eigenvalue weighted by Crippen LogP contribution is -1.92. The summed E-state index contributed by atoms with van der Waals surface area (Å²) in [6.45, 7) is 0. The first-order valence-electron chi connectivity index (χ1n) is 3.82. The summed E-state index contributed by atoms with van der Waals surface area (Å²) in [6, 6.07) is 0. The van der Waals surface area contributed by atoms with E-state index in [1.165, 1.54) is 6.20 Å². The van der Waals surface area contributed by atoms with E-state index in [-0.39, 0.29) is 0 Å². The van der Waals surface area contributed by atoms with Crippen LogP contribution in [0, 0.1) is 0 Å². The summed E-state index contributed by atoms with van der Waals surface area (Å²) in [5.74, 6) is 0.418. The zero-order valence-electron chi connectivity index (χ0n) is 7.18. The van der Waals surface area contributed by atoms with E-state index in [2.05, 4.69) is 15.1 Å². The molecule has 0 radical (unpaired) electrons. The molecule has 66 valence electrons. The predicted molar refractivity (Wildman–Crippen MR) is 48.6 cm³/mol. The Balaban J connectivity index is 2.46. The summed E-state index contributed by atoms with van der Waals surface area (Å²) >= 11 is 0. The first-order valence-corrected chi connectivity index (χ1v) is 3.82. The highest BCUT2D eigenvalue weighted by Crippen LogP contribution is 2.14. The maximum absolute atomic E-state index is 5.50. The summed E-state index contributed by atoms with van der Waals surface area (Å²) < 4.78 is 1.71. The maximum Gasteiger partial charge on any atom is 0.142 e. The van der Waals surface area contributed by atoms with Gasteiger partial charge in [-0.3, -0.25) is 9.67 Å². The first-order chi connectivity index (χ1) is 6.25. The molecule has 13 heavy (non-hydrogen) atoms. The Bertz CT molecular complexity index is 420. The highest BCUT2D eigenvalue weighted by atomic mass is 15.2. The van der Waals surface area contributed by atoms with Crippen LogP contribution in [0.25, 0.3) is 11.3 Å². The third-order valence-corrected chi connectivity index (χ3v) is 1.65. The van der Waals surface area contributed by atoms with Crippen molar-refractivity contribution in [2.24, 2.45) is 7.05 Å². The molecule has 2 aromatic rings. The van der Waals surface area contributed by atoms with Gasteiger partial charge in [0.15, 0.2) is 0 Å². The zero-order chi connectivity index (χ0) is 9.26. The van der Waals surface area contributed by atoms with Crippen LogP contribution in [0.1, 0.15) is 0 Å². The van der Waals surface area contributed by atoms with Crippen LogP contribution < -0.4 is 5.73 Å². The van der Waals surface area contributed by atoms with E-state index in [4.69, 9.17) is 5.73 Å². The number of hydrogen-bond donors (Lipinski definition) is 1. The molecule has 2 aromatic heterocycles. The van der Waals surface area contributed by atoms with Crippen LogP contribution in [0.2, 0.25) is 0 Å². The monoisotopic (exact) mass is 175 g/mol. The Morgan fingerprint density at radius 1 is 1.31 bits per heavy atom. The van der Waals surface area contributed by atoms with Gasteiger partial charge in [0.05, 0.1) is 24.3 Å². The molecule has 0 saturated carbocycles. The van der Waals surface area contributed by atoms with Crippen molar-refractivity contribution in [3.8, 4) is 11.3 Å². The van der Waals surface area contributed by atoms with Gasteiger partial charge in [-0.05, 0) is 0 Å². The third kappa shape index (κ3) is 1.48. The predicted octanol–water partition coefficient (Wildman–Crippen LogP) is 0.459. The molecule has 0 saturated heterocycles. The van der Waals surface area contributed by atoms with Crippen LogP contribution in [-0.2, 0) is 7.05 Å². The Labute approximate surface area is 75.2 Å². The standard InChI is InChI=1S/C8H9N5/c1-13-5-6(2-11-13)7-3-10-4-8(9)12-7/h2-5H,1H3,(H2,9,12). The lowest BCUT2D eigenvalue weighted by molar-refractivity contribution is 0.768. The number of nitrogens with two attached hydrogens (primary N) is 1. The van der Waals surface area contributed by atoms with Crippen molar-refractivity contribution in [2.45, 2.75) is 0 Å². The molecular weight excluding hydrogens is 166 g/mol. The van der Waals surface area contributed by atoms with Gasteiger partial charge in [-0.1, -0.05) is 0 Å². The van der Waals surface area contributed by atoms with E-state index in [0.717, 1.165) is 11.3 Å². The number of aryl methyl sites for hydroxylation is 1. The van der Waals surface area contributed by atoms with E-state index in [1.807, 2.05) is 13.2 Å². The van der Waals surface area contributed by atoms with Crippen molar-refractivity contribution >= 4 is 5.82 Å². The van der Waals surface area contributed by atoms with Crippen LogP contribution >= 0.6 is 0 Å². The second-order valence-corrected chi connectivity index (χ2v) is 2.73. The van der Waals surface area contributed by atoms with E-state index in [9.17, 15) is 0 Å². The maximum atomic E-state index is 5.50. The number of rotatable bonds is 1. The van der Waals surface area contributed by atoms with E-state index in [0.29, 0.717) is 5.82 Å². The highest BCUT2D eigenvalue weighted by Gasteiger charge is 2.01. The van der Waals surface area contributed by atoms with Crippen molar-refractivity contribution in [2.75, 3.05) is 5.73 Å². The van der Waals surface area contributed by atoms with Crippen molar-refractivity contribution in [1.82, 2.24) is 19.7 Å². The molecule has 0 aliphatic heterocycles. The Morgan fingerprint density at radius 3 is 2.77 bits per heavy atom. The molecule has 5 nitrogen and oxygen atoms in total. The zero-order valence-corrected chi connectivity index (χ0v) is 7.18. The average molecular weight is 175 g/mol. The summed E-state index contributed by atoms with van der Waals surface area (Å²) in [5, 5.41) is 4.03. The number of aromatic nitrogens is 4. The Kier molecular flexibility index (Phi) is 1.70. The van der Waals surface area contributed by atoms with E-state index >= 15 is 0 Å². The highest BCUT2D eigenvalue weighted by molar-refractivity contribution is 5.57. The van der Waals surface area contributed by atoms with Crippen LogP contribution in [0.15, 0.2) is 24.8 Å². The number of nitrogens with zero attached hydrogens (tertiary/aromatic N) is 4. The Morgan fingerprint density at radius 2 is 2.15 bits per heavy atom. The van der Waals surface area contributed by atoms with Crippen molar-refractivity contribution in [3.63, 3.8) is 0 Å². The minimum absolute atomic E-state index is 0.418. The molecule has 0 unspecified atom stereocenters. The van der Waals surface area contributed by atoms with Gasteiger partial charge in [-0.15, -0.1) is 0 Å². The average Bonchev–Trinajstić information content (AvgIpc) is 2.52. The van der Waals surface area contributed by atoms with E-state index in [1.54, 1.807) is 17.1 Å². The fourth-order valence-corrected chi connectivity index (χ4v) is 1.07. The largest absolute Gasteiger partial charge is 0.382 e. The topological polar surface area (TPSA) is 69.6 Å². The van der Waals surface area contributed by atoms with Crippen LogP contribution in [0.3, 0.4) is 0 Å². The molecule has 0 aromatic carbocycles. The SMILES string of the molecule is Cn1cc(-c2cncc(N)n2)cn1. The molecule has 0 amide bonds. The number of anilines is 1. The van der Waals surface area contributed by atoms with Gasteiger partial charge in [-0.2, -0.15) is 5.10 Å². The minimum atomic E-state index is 0.418. The summed E-state index contributed by atoms with van der Waals surface area (Å²) in [4.78, 5) is 8.06. The first kappa shape index (κ1) is 7.72. The Hall–Kier alpha value is -1.91. The molecule has 2 heterocycles. The lowest BCUT2D eigenvalue weighted by atomic mass is 10.3. The molecule has 5 heteroatoms. The number of hydrogen-bond acceptors (Lipinski definition) is 4. The van der Waals surface area contributed by atoms with Crippen molar-refractivity contribution in [3.05, 3.63) is 24.8 Å². The lowest BCUT2D eigenvalue weighted by Gasteiger charge is -1.95. The fourth-order valence-electron chi connectivity index (χ4n) is 1.07. The summed E-state index contributed by atoms with van der Waals surface area (Å²) in [5.41, 5.74) is 7.16. The number of nitrogen functional groups attached to an aromatic ring is 1. The minimum Gasteiger partial charge on any atom is -0.382 e. The van der Waals surface area contributed by atoms with Gasteiger partial charge in [0.2, 0.25) is 0 Å². The molecule has 0 fully saturated rings. The molecule has 0 bridgehead atoms. The normalized spacial score (nSPS) is 10.2. The van der Waals surface area contributed by atoms with Gasteiger partial charge in [-0.25, -0.2) is 4.98 Å². The van der Waals surface area contributed by atoms with Crippen molar-refractivity contribution < 1.29 is 0 Å². The summed E-state index contributed by atoms with van der Waals surface area (Å²) in [7, 11) is 1.85. The molecule has 2 rings (SSSR count). The molecule has 0 spiro atoms. The molecule has 0 aliphatic carbocycles. The quantitative estimate of drug-likeness (QED) is 0.683. The molecule has 0 atom stereocenters. The third-order valence-electron chi connectivity index (χ3n) is 1.65. The van der Waals surface area contributed by atoms with Crippen LogP contribution in [0.5, 0.6) is 0 Å². The van der Waals surface area contributed by atoms with Gasteiger partial charge >= 0.3 is 0 Å². The van der Waals surface area contributed by atoms with Gasteiger partial charge in [0, 0.05) is 18.8 Å². The van der Waals surface area contributed by atoms with Gasteiger partial charge in [0.1, 0.15) is 5.82 Å². The van der Waals surface area contributed by atoms with E-state index < -0.39 is 0 Å². The molecule has 0 aliphatic rings.